The third kappa shape index (κ3) is 4.05. The van der Waals surface area contributed by atoms with Crippen molar-refractivity contribution in [3.8, 4) is 11.1 Å². The fourth-order valence-corrected chi connectivity index (χ4v) is 3.03. The average molecular weight is 323 g/mol. The largest absolute Gasteiger partial charge is 0.287 e. The summed E-state index contributed by atoms with van der Waals surface area (Å²) in [5.74, 6) is 0.458. The molecule has 2 nitrogen and oxygen atoms in total. The van der Waals surface area contributed by atoms with Crippen LogP contribution in [0.15, 0.2) is 49.1 Å². The predicted molar refractivity (Wildman–Crippen MR) is 103 cm³/mol. The van der Waals surface area contributed by atoms with Gasteiger partial charge in [0.05, 0.1) is 0 Å². The van der Waals surface area contributed by atoms with Crippen LogP contribution in [0.1, 0.15) is 63.1 Å². The van der Waals surface area contributed by atoms with Gasteiger partial charge in [-0.3, -0.25) is 9.36 Å². The highest BCUT2D eigenvalue weighted by Gasteiger charge is 2.25. The van der Waals surface area contributed by atoms with Gasteiger partial charge in [-0.05, 0) is 23.0 Å². The van der Waals surface area contributed by atoms with Gasteiger partial charge in [0, 0.05) is 29.8 Å². The molecule has 0 aliphatic rings. The third-order valence-corrected chi connectivity index (χ3v) is 4.08. The molecule has 1 heterocycles. The van der Waals surface area contributed by atoms with Gasteiger partial charge in [0.2, 0.25) is 5.91 Å². The lowest BCUT2D eigenvalue weighted by molar-refractivity contribution is 0.0850. The Labute approximate surface area is 146 Å². The normalized spacial score (nSPS) is 11.8. The van der Waals surface area contributed by atoms with Crippen LogP contribution >= 0.6 is 0 Å². The minimum Gasteiger partial charge on any atom is -0.287 e. The summed E-state index contributed by atoms with van der Waals surface area (Å²) >= 11 is 0. The summed E-state index contributed by atoms with van der Waals surface area (Å²) in [6, 6.07) is 12.5. The molecule has 2 heteroatoms. The first-order valence-corrected chi connectivity index (χ1v) is 8.68. The Morgan fingerprint density at radius 3 is 2.33 bits per heavy atom. The molecule has 1 aromatic heterocycles. The quantitative estimate of drug-likeness (QED) is 0.611. The van der Waals surface area contributed by atoms with Crippen LogP contribution in [0.25, 0.3) is 11.1 Å². The van der Waals surface area contributed by atoms with Gasteiger partial charge < -0.3 is 0 Å². The van der Waals surface area contributed by atoms with Gasteiger partial charge in [-0.1, -0.05) is 71.0 Å². The van der Waals surface area contributed by atoms with E-state index in [0.29, 0.717) is 12.8 Å². The van der Waals surface area contributed by atoms with Gasteiger partial charge >= 0.3 is 0 Å². The molecule has 0 fully saturated rings. The Hall–Kier alpha value is -2.09. The minimum absolute atomic E-state index is 0.0338. The maximum atomic E-state index is 13.1. The van der Waals surface area contributed by atoms with Crippen molar-refractivity contribution in [2.45, 2.75) is 53.4 Å². The zero-order valence-electron chi connectivity index (χ0n) is 15.6. The van der Waals surface area contributed by atoms with Crippen molar-refractivity contribution in [2.24, 2.45) is 5.41 Å². The van der Waals surface area contributed by atoms with Gasteiger partial charge in [-0.25, -0.2) is 0 Å². The van der Waals surface area contributed by atoms with Crippen molar-refractivity contribution in [1.29, 1.82) is 0 Å². The molecule has 0 radical (unpaired) electrons. The number of nitrogens with zero attached hydrogens (tertiary/aromatic N) is 1. The summed E-state index contributed by atoms with van der Waals surface area (Å²) < 4.78 is 1.94. The van der Waals surface area contributed by atoms with E-state index in [0.717, 1.165) is 22.5 Å². The molecule has 0 unspecified atom stereocenters. The second kappa shape index (κ2) is 7.21. The van der Waals surface area contributed by atoms with Crippen LogP contribution in [-0.2, 0) is 6.42 Å². The molecule has 1 aromatic carbocycles. The molecule has 0 aliphatic carbocycles. The zero-order valence-corrected chi connectivity index (χ0v) is 15.6. The average Bonchev–Trinajstić information content (AvgIpc) is 2.86. The van der Waals surface area contributed by atoms with Crippen molar-refractivity contribution in [3.05, 3.63) is 60.4 Å². The standard InChI is InChI=1S/C22H29NO/c1-7-11-19-18(17-12-9-8-10-13-17)14-20(16(2)3)23(19)21(24)15-22(4,5)6/h7-10,12-14,16H,1,11,15H2,2-6H3. The molecule has 0 saturated heterocycles. The van der Waals surface area contributed by atoms with Crippen molar-refractivity contribution < 1.29 is 4.79 Å². The van der Waals surface area contributed by atoms with E-state index in [2.05, 4.69) is 59.4 Å². The van der Waals surface area contributed by atoms with Crippen molar-refractivity contribution in [1.82, 2.24) is 4.57 Å². The van der Waals surface area contributed by atoms with Crippen LogP contribution in [0.2, 0.25) is 0 Å². The Bertz CT molecular complexity index is 714. The Balaban J connectivity index is 2.65. The fraction of sp³-hybridized carbons (Fsp3) is 0.409. The molecule has 24 heavy (non-hydrogen) atoms. The van der Waals surface area contributed by atoms with Crippen LogP contribution in [0.4, 0.5) is 0 Å². The summed E-state index contributed by atoms with van der Waals surface area (Å²) in [4.78, 5) is 13.1. The highest BCUT2D eigenvalue weighted by atomic mass is 16.2. The molecule has 0 N–H and O–H groups in total. The van der Waals surface area contributed by atoms with Gasteiger partial charge in [0.1, 0.15) is 0 Å². The van der Waals surface area contributed by atoms with Crippen LogP contribution in [-0.4, -0.2) is 10.5 Å². The Morgan fingerprint density at radius 1 is 1.21 bits per heavy atom. The van der Waals surface area contributed by atoms with E-state index in [1.165, 1.54) is 0 Å². The fourth-order valence-electron chi connectivity index (χ4n) is 3.03. The van der Waals surface area contributed by atoms with E-state index in [1.54, 1.807) is 0 Å². The first-order valence-electron chi connectivity index (χ1n) is 8.68. The van der Waals surface area contributed by atoms with Gasteiger partial charge in [-0.15, -0.1) is 6.58 Å². The molecule has 0 bridgehead atoms. The number of hydrogen-bond acceptors (Lipinski definition) is 1. The molecular weight excluding hydrogens is 294 g/mol. The van der Waals surface area contributed by atoms with Crippen molar-refractivity contribution in [2.75, 3.05) is 0 Å². The number of carbonyl (C=O) groups is 1. The Morgan fingerprint density at radius 2 is 1.83 bits per heavy atom. The van der Waals surface area contributed by atoms with Gasteiger partial charge in [0.25, 0.3) is 0 Å². The molecule has 0 atom stereocenters. The first kappa shape index (κ1) is 18.3. The molecule has 2 rings (SSSR count). The number of benzene rings is 1. The number of rotatable bonds is 5. The molecule has 2 aromatic rings. The molecule has 0 saturated carbocycles. The zero-order chi connectivity index (χ0) is 17.9. The van der Waals surface area contributed by atoms with Crippen molar-refractivity contribution >= 4 is 5.91 Å². The highest BCUT2D eigenvalue weighted by Crippen LogP contribution is 2.33. The lowest BCUT2D eigenvalue weighted by Crippen LogP contribution is -2.22. The lowest BCUT2D eigenvalue weighted by atomic mass is 9.91. The van der Waals surface area contributed by atoms with E-state index >= 15 is 0 Å². The number of carbonyl (C=O) groups excluding carboxylic acids is 1. The number of aromatic nitrogens is 1. The molecule has 0 spiro atoms. The van der Waals surface area contributed by atoms with Crippen LogP contribution in [0.5, 0.6) is 0 Å². The molecule has 128 valence electrons. The van der Waals surface area contributed by atoms with E-state index in [-0.39, 0.29) is 17.2 Å². The molecule has 0 aliphatic heterocycles. The Kier molecular flexibility index (Phi) is 5.48. The molecular formula is C22H29NO. The van der Waals surface area contributed by atoms with E-state index in [4.69, 9.17) is 0 Å². The van der Waals surface area contributed by atoms with E-state index < -0.39 is 0 Å². The number of allylic oxidation sites excluding steroid dienone is 1. The summed E-state index contributed by atoms with van der Waals surface area (Å²) in [5, 5.41) is 0. The lowest BCUT2D eigenvalue weighted by Gasteiger charge is -2.21. The summed E-state index contributed by atoms with van der Waals surface area (Å²) in [7, 11) is 0. The van der Waals surface area contributed by atoms with Crippen LogP contribution in [0.3, 0.4) is 0 Å². The van der Waals surface area contributed by atoms with E-state index in [9.17, 15) is 4.79 Å². The summed E-state index contributed by atoms with van der Waals surface area (Å²) in [6.45, 7) is 14.5. The summed E-state index contributed by atoms with van der Waals surface area (Å²) in [6.07, 6.45) is 3.10. The maximum Gasteiger partial charge on any atom is 0.231 e. The monoisotopic (exact) mass is 323 g/mol. The van der Waals surface area contributed by atoms with Crippen molar-refractivity contribution in [3.63, 3.8) is 0 Å². The second-order valence-electron chi connectivity index (χ2n) is 7.91. The predicted octanol–water partition coefficient (Wildman–Crippen LogP) is 6.08. The van der Waals surface area contributed by atoms with Crippen LogP contribution in [0, 0.1) is 5.41 Å². The number of hydrogen-bond donors (Lipinski definition) is 0. The summed E-state index contributed by atoms with van der Waals surface area (Å²) in [5.41, 5.74) is 4.39. The maximum absolute atomic E-state index is 13.1. The smallest absolute Gasteiger partial charge is 0.231 e. The third-order valence-electron chi connectivity index (χ3n) is 4.08. The van der Waals surface area contributed by atoms with Gasteiger partial charge in [0.15, 0.2) is 0 Å². The molecule has 0 amide bonds. The van der Waals surface area contributed by atoms with Gasteiger partial charge in [-0.2, -0.15) is 0 Å². The SMILES string of the molecule is C=CCc1c(-c2ccccc2)cc(C(C)C)n1C(=O)CC(C)(C)C. The topological polar surface area (TPSA) is 22.0 Å². The van der Waals surface area contributed by atoms with E-state index in [1.807, 2.05) is 28.8 Å². The highest BCUT2D eigenvalue weighted by molar-refractivity contribution is 5.85. The first-order chi connectivity index (χ1) is 11.2. The minimum atomic E-state index is -0.0338. The van der Waals surface area contributed by atoms with Crippen LogP contribution < -0.4 is 0 Å². The second-order valence-corrected chi connectivity index (χ2v) is 7.91.